The molecule has 0 amide bonds. The van der Waals surface area contributed by atoms with Crippen LogP contribution in [0.15, 0.2) is 42.6 Å². The van der Waals surface area contributed by atoms with E-state index in [0.717, 1.165) is 11.3 Å². The highest BCUT2D eigenvalue weighted by Gasteiger charge is 2.15. The van der Waals surface area contributed by atoms with Gasteiger partial charge in [0.05, 0.1) is 13.2 Å². The molecule has 1 heterocycles. The molecule has 2 aromatic rings. The maximum Gasteiger partial charge on any atom is 0.263 e. The predicted molar refractivity (Wildman–Crippen MR) is 77.3 cm³/mol. The molecule has 0 N–H and O–H groups in total. The van der Waals surface area contributed by atoms with Gasteiger partial charge < -0.3 is 14.7 Å². The summed E-state index contributed by atoms with van der Waals surface area (Å²) < 4.78 is 11.3. The Bertz CT molecular complexity index is 623. The minimum absolute atomic E-state index is 0.102. The summed E-state index contributed by atoms with van der Waals surface area (Å²) in [6.45, 7) is 2.07. The lowest BCUT2D eigenvalue weighted by atomic mass is 10.2. The van der Waals surface area contributed by atoms with Crippen LogP contribution in [0.4, 0.5) is 0 Å². The molecule has 2 rings (SSSR count). The number of nitrogens with zero attached hydrogens (tertiary/aromatic N) is 1. The summed E-state index contributed by atoms with van der Waals surface area (Å²) in [5.74, 6) is 1.07. The van der Waals surface area contributed by atoms with Crippen LogP contribution in [0.1, 0.15) is 29.4 Å². The van der Waals surface area contributed by atoms with Gasteiger partial charge >= 0.3 is 0 Å². The van der Waals surface area contributed by atoms with Crippen molar-refractivity contribution in [1.82, 2.24) is 0 Å². The van der Waals surface area contributed by atoms with E-state index in [1.807, 2.05) is 24.3 Å². The molecule has 1 aromatic carbocycles. The summed E-state index contributed by atoms with van der Waals surface area (Å²) in [6, 6.07) is 10.5. The van der Waals surface area contributed by atoms with Gasteiger partial charge in [0.25, 0.3) is 5.69 Å². The molecule has 0 aliphatic heterocycles. The smallest absolute Gasteiger partial charge is 0.263 e. The second kappa shape index (κ2) is 6.74. The van der Waals surface area contributed by atoms with Crippen molar-refractivity contribution in [2.24, 2.45) is 0 Å². The number of ketones is 1. The molecule has 110 valence electrons. The van der Waals surface area contributed by atoms with Crippen LogP contribution < -0.4 is 14.2 Å². The summed E-state index contributed by atoms with van der Waals surface area (Å²) in [4.78, 5) is 11.6. The number of hydrogen-bond acceptors (Lipinski definition) is 4. The van der Waals surface area contributed by atoms with E-state index in [-0.39, 0.29) is 17.9 Å². The molecule has 1 aromatic heterocycles. The molecule has 0 spiro atoms. The second-order valence-corrected chi connectivity index (χ2v) is 4.49. The van der Waals surface area contributed by atoms with Crippen molar-refractivity contribution >= 4 is 5.78 Å². The highest BCUT2D eigenvalue weighted by atomic mass is 16.5. The fraction of sp³-hybridized carbons (Fsp3) is 0.250. The predicted octanol–water partition coefficient (Wildman–Crippen LogP) is 2.50. The van der Waals surface area contributed by atoms with Crippen molar-refractivity contribution in [1.29, 1.82) is 0 Å². The van der Waals surface area contributed by atoms with Crippen LogP contribution in [0, 0.1) is 5.21 Å². The van der Waals surface area contributed by atoms with E-state index in [4.69, 9.17) is 9.47 Å². The number of ether oxygens (including phenoxy) is 2. The fourth-order valence-corrected chi connectivity index (χ4v) is 1.83. The quantitative estimate of drug-likeness (QED) is 0.465. The van der Waals surface area contributed by atoms with Gasteiger partial charge in [0.15, 0.2) is 6.20 Å². The van der Waals surface area contributed by atoms with Gasteiger partial charge in [-0.15, -0.1) is 0 Å². The SMILES string of the molecule is CCC(=O)c1cc(OCc2ccc(OC)cc2)cc[n+]1[O-]. The maximum absolute atomic E-state index is 11.6. The standard InChI is InChI=1S/C16H17NO4/c1-3-16(18)15-10-14(8-9-17(15)19)21-11-12-4-6-13(20-2)7-5-12/h4-10H,3,11H2,1-2H3. The zero-order valence-electron chi connectivity index (χ0n) is 12.0. The Labute approximate surface area is 123 Å². The first kappa shape index (κ1) is 14.8. The Morgan fingerprint density at radius 2 is 1.90 bits per heavy atom. The average Bonchev–Trinajstić information content (AvgIpc) is 2.53. The van der Waals surface area contributed by atoms with Crippen molar-refractivity contribution < 1.29 is 19.0 Å². The first-order valence-electron chi connectivity index (χ1n) is 6.66. The first-order chi connectivity index (χ1) is 10.1. The lowest BCUT2D eigenvalue weighted by Crippen LogP contribution is -2.33. The van der Waals surface area contributed by atoms with E-state index in [2.05, 4.69) is 0 Å². The van der Waals surface area contributed by atoms with Crippen molar-refractivity contribution in [3.63, 3.8) is 0 Å². The number of aromatic nitrogens is 1. The number of hydrogen-bond donors (Lipinski definition) is 0. The van der Waals surface area contributed by atoms with E-state index < -0.39 is 0 Å². The van der Waals surface area contributed by atoms with Crippen LogP contribution in [-0.2, 0) is 6.61 Å². The third-order valence-corrected chi connectivity index (χ3v) is 3.06. The van der Waals surface area contributed by atoms with Gasteiger partial charge in [-0.3, -0.25) is 4.79 Å². The molecule has 0 aliphatic rings. The van der Waals surface area contributed by atoms with Gasteiger partial charge in [-0.2, -0.15) is 4.73 Å². The minimum atomic E-state index is -0.208. The molecule has 0 aliphatic carbocycles. The number of rotatable bonds is 6. The number of Topliss-reactive ketones (excluding diaryl/α,β-unsaturated/α-hetero) is 1. The molecule has 5 heteroatoms. The number of pyridine rings is 1. The number of benzene rings is 1. The van der Waals surface area contributed by atoms with E-state index >= 15 is 0 Å². The van der Waals surface area contributed by atoms with Crippen molar-refractivity contribution in [2.75, 3.05) is 7.11 Å². The van der Waals surface area contributed by atoms with Crippen LogP contribution in [0.2, 0.25) is 0 Å². The number of carbonyl (C=O) groups excluding carboxylic acids is 1. The Morgan fingerprint density at radius 1 is 1.19 bits per heavy atom. The summed E-state index contributed by atoms with van der Waals surface area (Å²) >= 11 is 0. The summed E-state index contributed by atoms with van der Waals surface area (Å²) in [5.41, 5.74) is 1.07. The second-order valence-electron chi connectivity index (χ2n) is 4.49. The lowest BCUT2D eigenvalue weighted by molar-refractivity contribution is -0.607. The Hall–Kier alpha value is -2.56. The third-order valence-electron chi connectivity index (χ3n) is 3.06. The zero-order valence-corrected chi connectivity index (χ0v) is 12.0. The topological polar surface area (TPSA) is 62.5 Å². The normalized spacial score (nSPS) is 10.2. The molecular formula is C16H17NO4. The molecule has 0 bridgehead atoms. The maximum atomic E-state index is 11.6. The van der Waals surface area contributed by atoms with E-state index in [9.17, 15) is 10.0 Å². The van der Waals surface area contributed by atoms with Gasteiger partial charge in [0.2, 0.25) is 5.78 Å². The van der Waals surface area contributed by atoms with Crippen molar-refractivity contribution in [3.05, 3.63) is 59.1 Å². The average molecular weight is 287 g/mol. The number of methoxy groups -OCH3 is 1. The van der Waals surface area contributed by atoms with E-state index in [1.54, 1.807) is 20.1 Å². The fourth-order valence-electron chi connectivity index (χ4n) is 1.83. The molecule has 0 unspecified atom stereocenters. The van der Waals surface area contributed by atoms with E-state index in [0.29, 0.717) is 17.1 Å². The summed E-state index contributed by atoms with van der Waals surface area (Å²) in [6.07, 6.45) is 1.57. The monoisotopic (exact) mass is 287 g/mol. The molecule has 0 radical (unpaired) electrons. The van der Waals surface area contributed by atoms with Crippen molar-refractivity contribution in [2.45, 2.75) is 20.0 Å². The molecular weight excluding hydrogens is 270 g/mol. The highest BCUT2D eigenvalue weighted by molar-refractivity contribution is 5.92. The lowest BCUT2D eigenvalue weighted by Gasteiger charge is -2.08. The van der Waals surface area contributed by atoms with Gasteiger partial charge in [0, 0.05) is 12.5 Å². The molecule has 0 saturated heterocycles. The Morgan fingerprint density at radius 3 is 2.52 bits per heavy atom. The largest absolute Gasteiger partial charge is 0.618 e. The van der Waals surface area contributed by atoms with Crippen LogP contribution in [0.3, 0.4) is 0 Å². The zero-order chi connectivity index (χ0) is 15.2. The van der Waals surface area contributed by atoms with Gasteiger partial charge in [-0.05, 0) is 17.7 Å². The van der Waals surface area contributed by atoms with Crippen LogP contribution in [0.25, 0.3) is 0 Å². The van der Waals surface area contributed by atoms with Crippen molar-refractivity contribution in [3.8, 4) is 11.5 Å². The van der Waals surface area contributed by atoms with E-state index in [1.165, 1.54) is 12.3 Å². The number of carbonyl (C=O) groups is 1. The minimum Gasteiger partial charge on any atom is -0.618 e. The van der Waals surface area contributed by atoms with Gasteiger partial charge in [-0.25, -0.2) is 0 Å². The molecule has 21 heavy (non-hydrogen) atoms. The van der Waals surface area contributed by atoms with Crippen LogP contribution in [0.5, 0.6) is 11.5 Å². The Kier molecular flexibility index (Phi) is 4.77. The van der Waals surface area contributed by atoms with Crippen LogP contribution >= 0.6 is 0 Å². The molecule has 0 fully saturated rings. The van der Waals surface area contributed by atoms with Gasteiger partial charge in [-0.1, -0.05) is 19.1 Å². The summed E-state index contributed by atoms with van der Waals surface area (Å²) in [5, 5.41) is 11.5. The Balaban J connectivity index is 2.07. The van der Waals surface area contributed by atoms with Crippen LogP contribution in [-0.4, -0.2) is 12.9 Å². The molecule has 0 atom stereocenters. The molecule has 5 nitrogen and oxygen atoms in total. The van der Waals surface area contributed by atoms with Gasteiger partial charge in [0.1, 0.15) is 18.1 Å². The first-order valence-corrected chi connectivity index (χ1v) is 6.66. The molecule has 0 saturated carbocycles. The third kappa shape index (κ3) is 3.72. The summed E-state index contributed by atoms with van der Waals surface area (Å²) in [7, 11) is 1.61. The highest BCUT2D eigenvalue weighted by Crippen LogP contribution is 2.16.